The first-order valence-corrected chi connectivity index (χ1v) is 7.92. The van der Waals surface area contributed by atoms with E-state index in [1.165, 1.54) is 6.92 Å². The van der Waals surface area contributed by atoms with Gasteiger partial charge in [-0.25, -0.2) is 0 Å². The molecular weight excluding hydrogens is 284 g/mol. The Morgan fingerprint density at radius 1 is 0.864 bits per heavy atom. The number of carbonyl (C=O) groups excluding carboxylic acids is 3. The number of nitrogens with zero attached hydrogens (tertiary/aromatic N) is 1. The Labute approximate surface area is 133 Å². The number of amides is 3. The fraction of sp³-hybridized carbons (Fsp3) is 0.800. The van der Waals surface area contributed by atoms with Gasteiger partial charge in [-0.1, -0.05) is 6.92 Å². The van der Waals surface area contributed by atoms with Crippen molar-refractivity contribution in [1.29, 1.82) is 0 Å². The van der Waals surface area contributed by atoms with E-state index in [0.717, 1.165) is 25.9 Å². The Morgan fingerprint density at radius 3 is 1.91 bits per heavy atom. The molecule has 0 aromatic carbocycles. The smallest absolute Gasteiger partial charge is 0.221 e. The van der Waals surface area contributed by atoms with Crippen molar-refractivity contribution in [2.75, 3.05) is 39.8 Å². The highest BCUT2D eigenvalue weighted by molar-refractivity contribution is 5.77. The van der Waals surface area contributed by atoms with Gasteiger partial charge in [-0.2, -0.15) is 0 Å². The summed E-state index contributed by atoms with van der Waals surface area (Å²) in [5.74, 6) is -0.0761. The maximum absolute atomic E-state index is 11.5. The van der Waals surface area contributed by atoms with Gasteiger partial charge < -0.3 is 20.9 Å². The molecule has 0 fully saturated rings. The molecule has 7 nitrogen and oxygen atoms in total. The number of hydrogen-bond donors (Lipinski definition) is 3. The van der Waals surface area contributed by atoms with Crippen molar-refractivity contribution in [2.24, 2.45) is 0 Å². The Hall–Kier alpha value is -1.63. The molecule has 0 spiro atoms. The molecule has 0 saturated heterocycles. The van der Waals surface area contributed by atoms with Crippen LogP contribution in [-0.2, 0) is 14.4 Å². The van der Waals surface area contributed by atoms with Crippen molar-refractivity contribution < 1.29 is 14.4 Å². The van der Waals surface area contributed by atoms with Crippen molar-refractivity contribution in [3.05, 3.63) is 0 Å². The molecule has 22 heavy (non-hydrogen) atoms. The van der Waals surface area contributed by atoms with Crippen LogP contribution in [0.4, 0.5) is 0 Å². The molecule has 0 unspecified atom stereocenters. The highest BCUT2D eigenvalue weighted by Gasteiger charge is 2.02. The molecule has 0 aromatic heterocycles. The topological polar surface area (TPSA) is 90.5 Å². The highest BCUT2D eigenvalue weighted by atomic mass is 16.2. The van der Waals surface area contributed by atoms with Crippen molar-refractivity contribution in [3.63, 3.8) is 0 Å². The van der Waals surface area contributed by atoms with Gasteiger partial charge in [-0.05, 0) is 33.0 Å². The SMILES string of the molecule is CCC(=O)NCCCN(C)CCCNC(=O)CCNC(C)=O. The summed E-state index contributed by atoms with van der Waals surface area (Å²) in [4.78, 5) is 35.3. The van der Waals surface area contributed by atoms with Gasteiger partial charge in [0, 0.05) is 39.4 Å². The molecule has 128 valence electrons. The van der Waals surface area contributed by atoms with E-state index in [0.29, 0.717) is 32.5 Å². The minimum Gasteiger partial charge on any atom is -0.356 e. The number of nitrogens with one attached hydrogen (secondary N) is 3. The van der Waals surface area contributed by atoms with Crippen molar-refractivity contribution in [1.82, 2.24) is 20.9 Å². The van der Waals surface area contributed by atoms with Gasteiger partial charge in [-0.3, -0.25) is 14.4 Å². The standard InChI is InChI=1S/C15H30N4O3/c1-4-14(21)17-8-5-11-19(3)12-6-9-18-15(22)7-10-16-13(2)20/h4-12H2,1-3H3,(H,16,20)(H,17,21)(H,18,22). The van der Waals surface area contributed by atoms with Crippen LogP contribution in [0.5, 0.6) is 0 Å². The molecule has 3 N–H and O–H groups in total. The van der Waals surface area contributed by atoms with Crippen LogP contribution in [0.25, 0.3) is 0 Å². The third-order valence-corrected chi connectivity index (χ3v) is 3.12. The predicted octanol–water partition coefficient (Wildman–Crippen LogP) is -0.133. The van der Waals surface area contributed by atoms with Crippen LogP contribution in [-0.4, -0.2) is 62.4 Å². The summed E-state index contributed by atoms with van der Waals surface area (Å²) in [5, 5.41) is 8.26. The molecule has 7 heteroatoms. The van der Waals surface area contributed by atoms with Crippen LogP contribution >= 0.6 is 0 Å². The summed E-state index contributed by atoms with van der Waals surface area (Å²) >= 11 is 0. The first-order valence-electron chi connectivity index (χ1n) is 7.92. The van der Waals surface area contributed by atoms with Crippen molar-refractivity contribution >= 4 is 17.7 Å². The Balaban J connectivity index is 3.44. The molecule has 0 aromatic rings. The fourth-order valence-corrected chi connectivity index (χ4v) is 1.83. The maximum atomic E-state index is 11.5. The van der Waals surface area contributed by atoms with Gasteiger partial charge in [0.2, 0.25) is 17.7 Å². The number of carbonyl (C=O) groups is 3. The lowest BCUT2D eigenvalue weighted by Crippen LogP contribution is -2.32. The summed E-state index contributed by atoms with van der Waals surface area (Å²) in [5.41, 5.74) is 0. The molecule has 0 aliphatic rings. The second-order valence-corrected chi connectivity index (χ2v) is 5.30. The second kappa shape index (κ2) is 13.1. The Kier molecular flexibility index (Phi) is 12.1. The second-order valence-electron chi connectivity index (χ2n) is 5.30. The fourth-order valence-electron chi connectivity index (χ4n) is 1.83. The van der Waals surface area contributed by atoms with Crippen LogP contribution in [0.1, 0.15) is 39.5 Å². The van der Waals surface area contributed by atoms with Crippen LogP contribution in [0.3, 0.4) is 0 Å². The quantitative estimate of drug-likeness (QED) is 0.438. The van der Waals surface area contributed by atoms with Gasteiger partial charge in [0.25, 0.3) is 0 Å². The number of rotatable bonds is 12. The summed E-state index contributed by atoms with van der Waals surface area (Å²) < 4.78 is 0. The lowest BCUT2D eigenvalue weighted by atomic mass is 10.3. The van der Waals surface area contributed by atoms with E-state index in [-0.39, 0.29) is 17.7 Å². The minimum atomic E-state index is -0.121. The normalized spacial score (nSPS) is 10.4. The van der Waals surface area contributed by atoms with Crippen molar-refractivity contribution in [2.45, 2.75) is 39.5 Å². The molecule has 0 aliphatic heterocycles. The first kappa shape index (κ1) is 20.4. The highest BCUT2D eigenvalue weighted by Crippen LogP contribution is 1.90. The lowest BCUT2D eigenvalue weighted by molar-refractivity contribution is -0.122. The maximum Gasteiger partial charge on any atom is 0.221 e. The van der Waals surface area contributed by atoms with Gasteiger partial charge in [0.1, 0.15) is 0 Å². The third kappa shape index (κ3) is 13.4. The zero-order valence-corrected chi connectivity index (χ0v) is 14.0. The zero-order chi connectivity index (χ0) is 16.8. The van der Waals surface area contributed by atoms with E-state index in [4.69, 9.17) is 0 Å². The van der Waals surface area contributed by atoms with E-state index in [1.807, 2.05) is 14.0 Å². The van der Waals surface area contributed by atoms with E-state index >= 15 is 0 Å². The van der Waals surface area contributed by atoms with Crippen LogP contribution in [0.15, 0.2) is 0 Å². The van der Waals surface area contributed by atoms with E-state index < -0.39 is 0 Å². The van der Waals surface area contributed by atoms with Gasteiger partial charge in [0.05, 0.1) is 0 Å². The minimum absolute atomic E-state index is 0.0429. The van der Waals surface area contributed by atoms with Crippen LogP contribution < -0.4 is 16.0 Å². The first-order chi connectivity index (χ1) is 10.5. The summed E-state index contributed by atoms with van der Waals surface area (Å²) in [6.07, 6.45) is 2.64. The van der Waals surface area contributed by atoms with E-state index in [2.05, 4.69) is 20.9 Å². The van der Waals surface area contributed by atoms with E-state index in [1.54, 1.807) is 0 Å². The van der Waals surface area contributed by atoms with Crippen LogP contribution in [0, 0.1) is 0 Å². The summed E-state index contributed by atoms with van der Waals surface area (Å²) in [6, 6.07) is 0. The molecule has 3 amide bonds. The van der Waals surface area contributed by atoms with E-state index in [9.17, 15) is 14.4 Å². The third-order valence-electron chi connectivity index (χ3n) is 3.12. The summed E-state index contributed by atoms with van der Waals surface area (Å²) in [6.45, 7) is 6.80. The largest absolute Gasteiger partial charge is 0.356 e. The molecule has 0 saturated carbocycles. The number of hydrogen-bond acceptors (Lipinski definition) is 4. The van der Waals surface area contributed by atoms with Crippen LogP contribution in [0.2, 0.25) is 0 Å². The predicted molar refractivity (Wildman–Crippen MR) is 86.3 cm³/mol. The molecule has 0 rings (SSSR count). The van der Waals surface area contributed by atoms with Gasteiger partial charge >= 0.3 is 0 Å². The average Bonchev–Trinajstić information content (AvgIpc) is 2.47. The molecule has 0 bridgehead atoms. The molecular formula is C15H30N4O3. The molecule has 0 atom stereocenters. The Morgan fingerprint density at radius 2 is 1.41 bits per heavy atom. The molecule has 0 radical (unpaired) electrons. The molecule has 0 aliphatic carbocycles. The summed E-state index contributed by atoms with van der Waals surface area (Å²) in [7, 11) is 2.03. The van der Waals surface area contributed by atoms with Gasteiger partial charge in [-0.15, -0.1) is 0 Å². The Bertz CT molecular complexity index is 348. The monoisotopic (exact) mass is 314 g/mol. The van der Waals surface area contributed by atoms with Crippen molar-refractivity contribution in [3.8, 4) is 0 Å². The zero-order valence-electron chi connectivity index (χ0n) is 14.0. The van der Waals surface area contributed by atoms with Gasteiger partial charge in [0.15, 0.2) is 0 Å². The molecule has 0 heterocycles. The lowest BCUT2D eigenvalue weighted by Gasteiger charge is -2.16. The average molecular weight is 314 g/mol.